The zero-order valence-electron chi connectivity index (χ0n) is 17.0. The zero-order chi connectivity index (χ0) is 20.9. The number of hydrogen-bond donors (Lipinski definition) is 0. The van der Waals surface area contributed by atoms with Crippen LogP contribution in [0.4, 0.5) is 0 Å². The van der Waals surface area contributed by atoms with Crippen molar-refractivity contribution in [1.82, 2.24) is 9.80 Å². The molecular formula is C22H28N2O4S. The van der Waals surface area contributed by atoms with Crippen molar-refractivity contribution in [2.45, 2.75) is 18.2 Å². The first-order valence-corrected chi connectivity index (χ1v) is 11.6. The summed E-state index contributed by atoms with van der Waals surface area (Å²) in [5, 5.41) is 0. The van der Waals surface area contributed by atoms with Gasteiger partial charge in [0.05, 0.1) is 17.8 Å². The van der Waals surface area contributed by atoms with Gasteiger partial charge in [-0.1, -0.05) is 25.1 Å². The summed E-state index contributed by atoms with van der Waals surface area (Å²) >= 11 is 0. The minimum Gasteiger partial charge on any atom is -0.497 e. The van der Waals surface area contributed by atoms with Crippen LogP contribution in [0.1, 0.15) is 22.8 Å². The molecule has 0 spiro atoms. The highest BCUT2D eigenvalue weighted by Crippen LogP contribution is 2.19. The molecule has 2 aromatic rings. The van der Waals surface area contributed by atoms with Crippen LogP contribution in [0.3, 0.4) is 0 Å². The molecule has 156 valence electrons. The standard InChI is InChI=1S/C22H28N2O4S/c1-3-18-7-9-19(10-8-18)22(25)24-13-11-23(12-14-24)15-16-29(26,27)21-6-4-5-20(17-21)28-2/h4-10,17H,3,11-16H2,1-2H3. The number of ether oxygens (including phenoxy) is 1. The van der Waals surface area contributed by atoms with Crippen LogP contribution in [-0.4, -0.2) is 69.7 Å². The maximum Gasteiger partial charge on any atom is 0.253 e. The molecule has 1 aliphatic heterocycles. The summed E-state index contributed by atoms with van der Waals surface area (Å²) in [4.78, 5) is 16.9. The number of benzene rings is 2. The van der Waals surface area contributed by atoms with E-state index < -0.39 is 9.84 Å². The Morgan fingerprint density at radius 2 is 1.72 bits per heavy atom. The fraction of sp³-hybridized carbons (Fsp3) is 0.409. The van der Waals surface area contributed by atoms with E-state index in [0.717, 1.165) is 6.42 Å². The van der Waals surface area contributed by atoms with Gasteiger partial charge in [0.2, 0.25) is 0 Å². The van der Waals surface area contributed by atoms with Crippen molar-refractivity contribution in [1.29, 1.82) is 0 Å². The van der Waals surface area contributed by atoms with Crippen molar-refractivity contribution in [2.24, 2.45) is 0 Å². The van der Waals surface area contributed by atoms with Gasteiger partial charge in [-0.15, -0.1) is 0 Å². The number of nitrogens with zero attached hydrogens (tertiary/aromatic N) is 2. The van der Waals surface area contributed by atoms with Gasteiger partial charge in [-0.05, 0) is 42.3 Å². The number of carbonyl (C=O) groups excluding carboxylic acids is 1. The molecule has 0 atom stereocenters. The summed E-state index contributed by atoms with van der Waals surface area (Å²) in [6, 6.07) is 14.3. The molecule has 1 aliphatic rings. The van der Waals surface area contributed by atoms with Gasteiger partial charge in [-0.2, -0.15) is 0 Å². The highest BCUT2D eigenvalue weighted by molar-refractivity contribution is 7.91. The average molecular weight is 417 g/mol. The first-order chi connectivity index (χ1) is 13.9. The molecule has 0 unspecified atom stereocenters. The van der Waals surface area contributed by atoms with E-state index in [-0.39, 0.29) is 16.6 Å². The first kappa shape index (κ1) is 21.3. The van der Waals surface area contributed by atoms with E-state index in [1.54, 1.807) is 24.3 Å². The normalized spacial score (nSPS) is 15.3. The Morgan fingerprint density at radius 3 is 2.34 bits per heavy atom. The van der Waals surface area contributed by atoms with E-state index in [1.165, 1.54) is 12.7 Å². The molecule has 1 amide bonds. The van der Waals surface area contributed by atoms with Crippen LogP contribution in [0.25, 0.3) is 0 Å². The van der Waals surface area contributed by atoms with Gasteiger partial charge < -0.3 is 9.64 Å². The van der Waals surface area contributed by atoms with Crippen LogP contribution in [0, 0.1) is 0 Å². The fourth-order valence-electron chi connectivity index (χ4n) is 3.40. The summed E-state index contributed by atoms with van der Waals surface area (Å²) in [5.41, 5.74) is 1.92. The average Bonchev–Trinajstić information content (AvgIpc) is 2.77. The summed E-state index contributed by atoms with van der Waals surface area (Å²) in [6.07, 6.45) is 0.950. The Balaban J connectivity index is 1.52. The van der Waals surface area contributed by atoms with Crippen LogP contribution in [0.2, 0.25) is 0 Å². The van der Waals surface area contributed by atoms with Gasteiger partial charge >= 0.3 is 0 Å². The van der Waals surface area contributed by atoms with Crippen molar-refractivity contribution in [2.75, 3.05) is 45.6 Å². The lowest BCUT2D eigenvalue weighted by Crippen LogP contribution is -2.49. The first-order valence-electron chi connectivity index (χ1n) is 9.90. The van der Waals surface area contributed by atoms with E-state index in [2.05, 4.69) is 11.8 Å². The highest BCUT2D eigenvalue weighted by Gasteiger charge is 2.24. The lowest BCUT2D eigenvalue weighted by molar-refractivity contribution is 0.0644. The third-order valence-corrected chi connectivity index (χ3v) is 7.04. The van der Waals surface area contributed by atoms with Crippen LogP contribution >= 0.6 is 0 Å². The molecule has 3 rings (SSSR count). The second-order valence-electron chi connectivity index (χ2n) is 7.18. The van der Waals surface area contributed by atoms with E-state index >= 15 is 0 Å². The third kappa shape index (κ3) is 5.36. The molecule has 0 radical (unpaired) electrons. The molecule has 7 heteroatoms. The molecule has 6 nitrogen and oxygen atoms in total. The number of aryl methyl sites for hydroxylation is 1. The van der Waals surface area contributed by atoms with Crippen molar-refractivity contribution >= 4 is 15.7 Å². The Bertz CT molecular complexity index is 934. The molecule has 0 aliphatic carbocycles. The van der Waals surface area contributed by atoms with Gasteiger partial charge in [0.15, 0.2) is 9.84 Å². The SMILES string of the molecule is CCc1ccc(C(=O)N2CCN(CCS(=O)(=O)c3cccc(OC)c3)CC2)cc1. The largest absolute Gasteiger partial charge is 0.497 e. The Labute approximate surface area is 173 Å². The number of piperazine rings is 1. The fourth-order valence-corrected chi connectivity index (χ4v) is 4.72. The molecule has 0 bridgehead atoms. The molecule has 0 aromatic heterocycles. The Hall–Kier alpha value is -2.38. The Morgan fingerprint density at radius 1 is 1.03 bits per heavy atom. The van der Waals surface area contributed by atoms with E-state index in [1.807, 2.05) is 29.2 Å². The maximum atomic E-state index is 12.7. The molecule has 29 heavy (non-hydrogen) atoms. The molecule has 1 fully saturated rings. The molecule has 0 N–H and O–H groups in total. The number of amides is 1. The number of methoxy groups -OCH3 is 1. The summed E-state index contributed by atoms with van der Waals surface area (Å²) < 4.78 is 30.3. The second kappa shape index (κ2) is 9.41. The predicted molar refractivity (Wildman–Crippen MR) is 113 cm³/mol. The maximum absolute atomic E-state index is 12.7. The van der Waals surface area contributed by atoms with Crippen molar-refractivity contribution < 1.29 is 17.9 Å². The van der Waals surface area contributed by atoms with E-state index in [4.69, 9.17) is 4.74 Å². The zero-order valence-corrected chi connectivity index (χ0v) is 17.8. The number of rotatable bonds is 7. The van der Waals surface area contributed by atoms with Gasteiger partial charge in [0.1, 0.15) is 5.75 Å². The molecule has 0 saturated carbocycles. The number of sulfone groups is 1. The second-order valence-corrected chi connectivity index (χ2v) is 9.29. The molecule has 1 saturated heterocycles. The number of hydrogen-bond acceptors (Lipinski definition) is 5. The lowest BCUT2D eigenvalue weighted by atomic mass is 10.1. The summed E-state index contributed by atoms with van der Waals surface area (Å²) in [5.74, 6) is 0.619. The summed E-state index contributed by atoms with van der Waals surface area (Å²) in [6.45, 7) is 5.09. The van der Waals surface area contributed by atoms with Crippen molar-refractivity contribution in [3.8, 4) is 5.75 Å². The topological polar surface area (TPSA) is 66.9 Å². The Kier molecular flexibility index (Phi) is 6.92. The quantitative estimate of drug-likeness (QED) is 0.694. The van der Waals surface area contributed by atoms with Gasteiger partial charge in [-0.3, -0.25) is 9.69 Å². The van der Waals surface area contributed by atoms with Gasteiger partial charge in [0.25, 0.3) is 5.91 Å². The van der Waals surface area contributed by atoms with Crippen LogP contribution in [-0.2, 0) is 16.3 Å². The van der Waals surface area contributed by atoms with Crippen molar-refractivity contribution in [3.05, 3.63) is 59.7 Å². The molecule has 2 aromatic carbocycles. The van der Waals surface area contributed by atoms with Crippen LogP contribution < -0.4 is 4.74 Å². The van der Waals surface area contributed by atoms with Crippen LogP contribution in [0.15, 0.2) is 53.4 Å². The lowest BCUT2D eigenvalue weighted by Gasteiger charge is -2.34. The number of carbonyl (C=O) groups is 1. The van der Waals surface area contributed by atoms with Gasteiger partial charge in [-0.25, -0.2) is 8.42 Å². The molecule has 1 heterocycles. The minimum atomic E-state index is -3.37. The van der Waals surface area contributed by atoms with Crippen molar-refractivity contribution in [3.63, 3.8) is 0 Å². The highest BCUT2D eigenvalue weighted by atomic mass is 32.2. The minimum absolute atomic E-state index is 0.0382. The summed E-state index contributed by atoms with van der Waals surface area (Å²) in [7, 11) is -1.86. The van der Waals surface area contributed by atoms with Gasteiger partial charge in [0, 0.05) is 38.3 Å². The monoisotopic (exact) mass is 416 g/mol. The smallest absolute Gasteiger partial charge is 0.253 e. The molecular weight excluding hydrogens is 388 g/mol. The predicted octanol–water partition coefficient (Wildman–Crippen LogP) is 2.49. The third-order valence-electron chi connectivity index (χ3n) is 5.35. The van der Waals surface area contributed by atoms with E-state index in [9.17, 15) is 13.2 Å². The van der Waals surface area contributed by atoms with E-state index in [0.29, 0.717) is 44.0 Å². The van der Waals surface area contributed by atoms with Crippen LogP contribution in [0.5, 0.6) is 5.75 Å².